The Hall–Kier alpha value is -2.60. The first-order valence-corrected chi connectivity index (χ1v) is 7.55. The Morgan fingerprint density at radius 1 is 0.905 bits per heavy atom. The van der Waals surface area contributed by atoms with Crippen molar-refractivity contribution in [1.82, 2.24) is 4.98 Å². The van der Waals surface area contributed by atoms with Gasteiger partial charge in [-0.2, -0.15) is 8.42 Å². The van der Waals surface area contributed by atoms with E-state index >= 15 is 0 Å². The van der Waals surface area contributed by atoms with Crippen molar-refractivity contribution < 1.29 is 17.7 Å². The summed E-state index contributed by atoms with van der Waals surface area (Å²) in [7, 11) is -4.01. The molecule has 0 unspecified atom stereocenters. The summed E-state index contributed by atoms with van der Waals surface area (Å²) in [5.41, 5.74) is 0.577. The first-order chi connectivity index (χ1) is 10.0. The van der Waals surface area contributed by atoms with E-state index in [-0.39, 0.29) is 16.5 Å². The van der Waals surface area contributed by atoms with Crippen LogP contribution in [0.2, 0.25) is 0 Å². The molecule has 0 saturated carbocycles. The summed E-state index contributed by atoms with van der Waals surface area (Å²) in [6, 6.07) is 15.7. The zero-order valence-electron chi connectivity index (χ0n) is 10.8. The molecule has 1 aromatic heterocycles. The largest absolute Gasteiger partial charge is 0.508 e. The van der Waals surface area contributed by atoms with Gasteiger partial charge >= 0.3 is 10.1 Å². The number of hydrogen-bond acceptors (Lipinski definition) is 5. The topological polar surface area (TPSA) is 76.5 Å². The number of pyridine rings is 1. The van der Waals surface area contributed by atoms with E-state index in [1.165, 1.54) is 30.3 Å². The lowest BCUT2D eigenvalue weighted by Crippen LogP contribution is -2.11. The van der Waals surface area contributed by atoms with Crippen molar-refractivity contribution in [3.63, 3.8) is 0 Å². The molecule has 0 aliphatic heterocycles. The number of fused-ring (bicyclic) bond motifs is 1. The van der Waals surface area contributed by atoms with E-state index in [9.17, 15) is 13.5 Å². The fourth-order valence-electron chi connectivity index (χ4n) is 1.86. The minimum atomic E-state index is -4.01. The van der Waals surface area contributed by atoms with Gasteiger partial charge in [0, 0.05) is 5.39 Å². The number of nitrogens with zero attached hydrogens (tertiary/aromatic N) is 1. The molecule has 0 amide bonds. The molecular formula is C15H11NO4S. The van der Waals surface area contributed by atoms with Crippen LogP contribution in [0.25, 0.3) is 10.9 Å². The average molecular weight is 301 g/mol. The molecule has 3 rings (SSSR count). The summed E-state index contributed by atoms with van der Waals surface area (Å²) in [5, 5.41) is 9.86. The van der Waals surface area contributed by atoms with E-state index in [0.717, 1.165) is 5.39 Å². The molecule has 0 spiro atoms. The van der Waals surface area contributed by atoms with Gasteiger partial charge in [0.2, 0.25) is 0 Å². The van der Waals surface area contributed by atoms with E-state index < -0.39 is 10.1 Å². The van der Waals surface area contributed by atoms with Crippen molar-refractivity contribution in [2.75, 3.05) is 0 Å². The third kappa shape index (κ3) is 2.80. The zero-order valence-corrected chi connectivity index (χ0v) is 11.6. The lowest BCUT2D eigenvalue weighted by atomic mass is 10.2. The molecule has 0 aliphatic rings. The van der Waals surface area contributed by atoms with Crippen molar-refractivity contribution in [2.24, 2.45) is 0 Å². The molecule has 0 radical (unpaired) electrons. The van der Waals surface area contributed by atoms with Gasteiger partial charge in [-0.1, -0.05) is 18.2 Å². The smallest absolute Gasteiger partial charge is 0.356 e. The second-order valence-corrected chi connectivity index (χ2v) is 5.87. The summed E-state index contributed by atoms with van der Waals surface area (Å²) < 4.78 is 29.4. The lowest BCUT2D eigenvalue weighted by Gasteiger charge is -2.07. The highest BCUT2D eigenvalue weighted by Crippen LogP contribution is 2.21. The Balaban J connectivity index is 1.97. The molecule has 1 heterocycles. The highest BCUT2D eigenvalue weighted by atomic mass is 32.2. The Morgan fingerprint density at radius 2 is 1.62 bits per heavy atom. The normalized spacial score (nSPS) is 11.4. The van der Waals surface area contributed by atoms with Crippen LogP contribution in [0.3, 0.4) is 0 Å². The lowest BCUT2D eigenvalue weighted by molar-refractivity contribution is 0.467. The van der Waals surface area contributed by atoms with Crippen LogP contribution in [0.5, 0.6) is 11.5 Å². The minimum Gasteiger partial charge on any atom is -0.508 e. The predicted molar refractivity (Wildman–Crippen MR) is 77.7 cm³/mol. The summed E-state index contributed by atoms with van der Waals surface area (Å²) in [6.07, 6.45) is 0. The molecule has 0 aliphatic carbocycles. The Bertz CT molecular complexity index is 889. The number of phenolic OH excluding ortho intramolecular Hbond substituents is 1. The Morgan fingerprint density at radius 3 is 2.38 bits per heavy atom. The van der Waals surface area contributed by atoms with Crippen LogP contribution in [-0.4, -0.2) is 18.5 Å². The van der Waals surface area contributed by atoms with Gasteiger partial charge in [-0.05, 0) is 42.5 Å². The van der Waals surface area contributed by atoms with E-state index in [4.69, 9.17) is 4.18 Å². The number of aromatic nitrogens is 1. The third-order valence-corrected chi connectivity index (χ3v) is 4.02. The number of aromatic hydroxyl groups is 1. The molecule has 1 N–H and O–H groups in total. The van der Waals surface area contributed by atoms with Crippen molar-refractivity contribution in [1.29, 1.82) is 0 Å². The maximum atomic E-state index is 12.2. The van der Waals surface area contributed by atoms with Gasteiger partial charge in [0.05, 0.1) is 5.52 Å². The number of rotatable bonds is 3. The first kappa shape index (κ1) is 13.4. The summed E-state index contributed by atoms with van der Waals surface area (Å²) in [5.74, 6) is 0.145. The van der Waals surface area contributed by atoms with Crippen molar-refractivity contribution >= 4 is 21.0 Å². The fraction of sp³-hybridized carbons (Fsp3) is 0. The second-order valence-electron chi connectivity index (χ2n) is 4.37. The first-order valence-electron chi connectivity index (χ1n) is 6.14. The van der Waals surface area contributed by atoms with Gasteiger partial charge in [-0.3, -0.25) is 0 Å². The van der Waals surface area contributed by atoms with Crippen molar-refractivity contribution in [2.45, 2.75) is 5.03 Å². The standard InChI is InChI=1S/C15H11NO4S/c17-12-6-8-13(9-7-12)20-21(18,19)15-10-5-11-3-1-2-4-14(11)16-15/h1-10,17H. The molecule has 0 atom stereocenters. The maximum Gasteiger partial charge on any atom is 0.356 e. The van der Waals surface area contributed by atoms with Gasteiger partial charge < -0.3 is 9.29 Å². The average Bonchev–Trinajstić information content (AvgIpc) is 2.49. The predicted octanol–water partition coefficient (Wildman–Crippen LogP) is 2.71. The molecule has 106 valence electrons. The molecule has 5 nitrogen and oxygen atoms in total. The van der Waals surface area contributed by atoms with Crippen LogP contribution in [0.4, 0.5) is 0 Å². The Labute approximate surface area is 121 Å². The van der Waals surface area contributed by atoms with E-state index in [1.807, 2.05) is 12.1 Å². The van der Waals surface area contributed by atoms with Crippen LogP contribution < -0.4 is 4.18 Å². The quantitative estimate of drug-likeness (QED) is 0.753. The molecule has 2 aromatic carbocycles. The number of phenols is 1. The van der Waals surface area contributed by atoms with Gasteiger partial charge in [0.25, 0.3) is 0 Å². The summed E-state index contributed by atoms with van der Waals surface area (Å²) in [6.45, 7) is 0. The van der Waals surface area contributed by atoms with Gasteiger partial charge in [0.1, 0.15) is 11.5 Å². The molecular weight excluding hydrogens is 290 g/mol. The monoisotopic (exact) mass is 301 g/mol. The number of para-hydroxylation sites is 1. The van der Waals surface area contributed by atoms with Gasteiger partial charge in [0.15, 0.2) is 5.03 Å². The zero-order chi connectivity index (χ0) is 14.9. The fourth-order valence-corrected chi connectivity index (χ4v) is 2.75. The second kappa shape index (κ2) is 5.06. The van der Waals surface area contributed by atoms with Crippen LogP contribution in [-0.2, 0) is 10.1 Å². The van der Waals surface area contributed by atoms with E-state index in [0.29, 0.717) is 5.52 Å². The molecule has 3 aromatic rings. The molecule has 0 fully saturated rings. The van der Waals surface area contributed by atoms with Gasteiger partial charge in [-0.15, -0.1) is 0 Å². The molecule has 6 heteroatoms. The minimum absolute atomic E-state index is 0.0311. The summed E-state index contributed by atoms with van der Waals surface area (Å²) >= 11 is 0. The van der Waals surface area contributed by atoms with E-state index in [2.05, 4.69) is 4.98 Å². The highest BCUT2D eigenvalue weighted by molar-refractivity contribution is 7.87. The van der Waals surface area contributed by atoms with Crippen LogP contribution >= 0.6 is 0 Å². The van der Waals surface area contributed by atoms with Crippen LogP contribution in [0.1, 0.15) is 0 Å². The van der Waals surface area contributed by atoms with Gasteiger partial charge in [-0.25, -0.2) is 4.98 Å². The molecule has 21 heavy (non-hydrogen) atoms. The maximum absolute atomic E-state index is 12.2. The Kier molecular flexibility index (Phi) is 3.23. The van der Waals surface area contributed by atoms with Crippen molar-refractivity contribution in [3.8, 4) is 11.5 Å². The van der Waals surface area contributed by atoms with Crippen LogP contribution in [0.15, 0.2) is 65.7 Å². The number of benzene rings is 2. The summed E-state index contributed by atoms with van der Waals surface area (Å²) in [4.78, 5) is 4.10. The highest BCUT2D eigenvalue weighted by Gasteiger charge is 2.18. The third-order valence-electron chi connectivity index (χ3n) is 2.87. The van der Waals surface area contributed by atoms with Crippen LogP contribution in [0, 0.1) is 0 Å². The molecule has 0 saturated heterocycles. The van der Waals surface area contributed by atoms with E-state index in [1.54, 1.807) is 18.2 Å². The molecule has 0 bridgehead atoms. The SMILES string of the molecule is O=S(=O)(Oc1ccc(O)cc1)c1ccc2ccccc2n1. The van der Waals surface area contributed by atoms with Crippen molar-refractivity contribution in [3.05, 3.63) is 60.7 Å². The number of hydrogen-bond donors (Lipinski definition) is 1.